The molecule has 2 heteroatoms. The molecule has 0 spiro atoms. The summed E-state index contributed by atoms with van der Waals surface area (Å²) in [5, 5.41) is 0. The molecule has 2 rings (SSSR count). The number of hydrogen-bond donors (Lipinski definition) is 0. The normalized spacial score (nSPS) is 15.5. The number of nitrogens with zero attached hydrogens (tertiary/aromatic N) is 2. The van der Waals surface area contributed by atoms with E-state index in [1.807, 2.05) is 19.1 Å². The molecule has 0 radical (unpaired) electrons. The lowest BCUT2D eigenvalue weighted by atomic mass is 10.1. The Balaban J connectivity index is 2.37. The number of aliphatic imine (C=N–C) groups is 2. The van der Waals surface area contributed by atoms with Crippen molar-refractivity contribution >= 4 is 11.5 Å². The first-order valence-electron chi connectivity index (χ1n) is 4.41. The van der Waals surface area contributed by atoms with Gasteiger partial charge < -0.3 is 0 Å². The fourth-order valence-corrected chi connectivity index (χ4v) is 1.38. The van der Waals surface area contributed by atoms with E-state index in [9.17, 15) is 0 Å². The summed E-state index contributed by atoms with van der Waals surface area (Å²) in [4.78, 5) is 8.71. The van der Waals surface area contributed by atoms with Gasteiger partial charge in [0, 0.05) is 11.3 Å². The Morgan fingerprint density at radius 3 is 2.69 bits per heavy atom. The van der Waals surface area contributed by atoms with Crippen LogP contribution in [0.4, 0.5) is 0 Å². The average molecular weight is 172 g/mol. The van der Waals surface area contributed by atoms with Crippen LogP contribution < -0.4 is 0 Å². The second-order valence-electron chi connectivity index (χ2n) is 3.36. The van der Waals surface area contributed by atoms with Gasteiger partial charge in [-0.3, -0.25) is 4.99 Å². The van der Waals surface area contributed by atoms with Gasteiger partial charge in [0.2, 0.25) is 0 Å². The highest BCUT2D eigenvalue weighted by Gasteiger charge is 2.07. The van der Waals surface area contributed by atoms with E-state index in [0.29, 0.717) is 0 Å². The number of amidine groups is 1. The van der Waals surface area contributed by atoms with Gasteiger partial charge in [-0.15, -0.1) is 0 Å². The smallest absolute Gasteiger partial charge is 0.154 e. The Labute approximate surface area is 78.0 Å². The largest absolute Gasteiger partial charge is 0.260 e. The van der Waals surface area contributed by atoms with Crippen LogP contribution in [-0.4, -0.2) is 18.1 Å². The molecule has 0 bridgehead atoms. The molecule has 1 heterocycles. The lowest BCUT2D eigenvalue weighted by Gasteiger charge is -1.98. The molecule has 0 unspecified atom stereocenters. The molecule has 1 aromatic rings. The first-order chi connectivity index (χ1) is 6.25. The molecule has 1 aromatic carbocycles. The van der Waals surface area contributed by atoms with Gasteiger partial charge in [0.25, 0.3) is 0 Å². The summed E-state index contributed by atoms with van der Waals surface area (Å²) >= 11 is 0. The minimum absolute atomic E-state index is 0.753. The van der Waals surface area contributed by atoms with Crippen LogP contribution in [0.25, 0.3) is 0 Å². The highest BCUT2D eigenvalue weighted by molar-refractivity contribution is 6.10. The fraction of sp³-hybridized carbons (Fsp3) is 0.273. The molecule has 0 saturated carbocycles. The highest BCUT2D eigenvalue weighted by Crippen LogP contribution is 2.09. The monoisotopic (exact) mass is 172 g/mol. The van der Waals surface area contributed by atoms with Gasteiger partial charge >= 0.3 is 0 Å². The SMILES string of the molecule is CC1=NC(c2cccc(C)c2)=NC1. The zero-order valence-corrected chi connectivity index (χ0v) is 7.91. The van der Waals surface area contributed by atoms with Crippen molar-refractivity contribution in [1.82, 2.24) is 0 Å². The Kier molecular flexibility index (Phi) is 1.97. The predicted octanol–water partition coefficient (Wildman–Crippen LogP) is 2.22. The number of benzene rings is 1. The van der Waals surface area contributed by atoms with E-state index < -0.39 is 0 Å². The van der Waals surface area contributed by atoms with Crippen molar-refractivity contribution in [1.29, 1.82) is 0 Å². The van der Waals surface area contributed by atoms with Gasteiger partial charge in [-0.2, -0.15) is 0 Å². The van der Waals surface area contributed by atoms with Crippen LogP contribution in [-0.2, 0) is 0 Å². The summed E-state index contributed by atoms with van der Waals surface area (Å²) in [6, 6.07) is 8.28. The van der Waals surface area contributed by atoms with Gasteiger partial charge in [-0.25, -0.2) is 4.99 Å². The van der Waals surface area contributed by atoms with Gasteiger partial charge in [0.15, 0.2) is 5.84 Å². The van der Waals surface area contributed by atoms with Crippen LogP contribution in [0.3, 0.4) is 0 Å². The van der Waals surface area contributed by atoms with Crippen LogP contribution in [0.15, 0.2) is 34.3 Å². The lowest BCUT2D eigenvalue weighted by Crippen LogP contribution is -1.94. The second-order valence-corrected chi connectivity index (χ2v) is 3.36. The van der Waals surface area contributed by atoms with Crippen molar-refractivity contribution in [3.8, 4) is 0 Å². The first-order valence-corrected chi connectivity index (χ1v) is 4.41. The molecule has 1 aliphatic heterocycles. The predicted molar refractivity (Wildman–Crippen MR) is 55.7 cm³/mol. The van der Waals surface area contributed by atoms with Gasteiger partial charge in [-0.05, 0) is 19.9 Å². The summed E-state index contributed by atoms with van der Waals surface area (Å²) in [6.45, 7) is 4.84. The summed E-state index contributed by atoms with van der Waals surface area (Å²) in [6.07, 6.45) is 0. The van der Waals surface area contributed by atoms with Crippen molar-refractivity contribution in [3.63, 3.8) is 0 Å². The Bertz CT molecular complexity index is 389. The summed E-state index contributed by atoms with van der Waals surface area (Å²) in [5.74, 6) is 0.876. The third-order valence-corrected chi connectivity index (χ3v) is 2.03. The molecule has 13 heavy (non-hydrogen) atoms. The Hall–Kier alpha value is -1.44. The Morgan fingerprint density at radius 1 is 1.23 bits per heavy atom. The van der Waals surface area contributed by atoms with E-state index in [1.54, 1.807) is 0 Å². The summed E-state index contributed by atoms with van der Waals surface area (Å²) in [7, 11) is 0. The molecule has 0 aromatic heterocycles. The molecule has 2 nitrogen and oxygen atoms in total. The second kappa shape index (κ2) is 3.13. The minimum atomic E-state index is 0.753. The quantitative estimate of drug-likeness (QED) is 0.620. The molecule has 66 valence electrons. The maximum absolute atomic E-state index is 4.37. The third-order valence-electron chi connectivity index (χ3n) is 2.03. The standard InChI is InChI=1S/C11H12N2/c1-8-4-3-5-10(6-8)11-12-7-9(2)13-11/h3-6H,7H2,1-2H3. The van der Waals surface area contributed by atoms with Crippen LogP contribution >= 0.6 is 0 Å². The van der Waals surface area contributed by atoms with E-state index in [4.69, 9.17) is 0 Å². The lowest BCUT2D eigenvalue weighted by molar-refractivity contribution is 1.32. The van der Waals surface area contributed by atoms with Gasteiger partial charge in [-0.1, -0.05) is 23.8 Å². The van der Waals surface area contributed by atoms with Gasteiger partial charge in [0.1, 0.15) is 0 Å². The highest BCUT2D eigenvalue weighted by atomic mass is 15.0. The van der Waals surface area contributed by atoms with Gasteiger partial charge in [0.05, 0.1) is 6.54 Å². The molecule has 0 fully saturated rings. The van der Waals surface area contributed by atoms with Crippen molar-refractivity contribution in [2.45, 2.75) is 13.8 Å². The molecule has 0 aliphatic carbocycles. The average Bonchev–Trinajstić information content (AvgIpc) is 2.52. The van der Waals surface area contributed by atoms with Crippen molar-refractivity contribution in [3.05, 3.63) is 35.4 Å². The van der Waals surface area contributed by atoms with E-state index in [1.165, 1.54) is 5.56 Å². The topological polar surface area (TPSA) is 24.7 Å². The van der Waals surface area contributed by atoms with Crippen LogP contribution in [0, 0.1) is 6.92 Å². The Morgan fingerprint density at radius 2 is 2.08 bits per heavy atom. The van der Waals surface area contributed by atoms with Crippen molar-refractivity contribution in [2.24, 2.45) is 9.98 Å². The summed E-state index contributed by atoms with van der Waals surface area (Å²) < 4.78 is 0. The number of rotatable bonds is 1. The van der Waals surface area contributed by atoms with Crippen LogP contribution in [0.1, 0.15) is 18.1 Å². The van der Waals surface area contributed by atoms with Crippen LogP contribution in [0.2, 0.25) is 0 Å². The number of hydrogen-bond acceptors (Lipinski definition) is 2. The fourth-order valence-electron chi connectivity index (χ4n) is 1.38. The van der Waals surface area contributed by atoms with Crippen LogP contribution in [0.5, 0.6) is 0 Å². The third kappa shape index (κ3) is 1.66. The van der Waals surface area contributed by atoms with Crippen molar-refractivity contribution in [2.75, 3.05) is 6.54 Å². The van der Waals surface area contributed by atoms with E-state index in [2.05, 4.69) is 29.0 Å². The maximum Gasteiger partial charge on any atom is 0.154 e. The summed E-state index contributed by atoms with van der Waals surface area (Å²) in [5.41, 5.74) is 3.47. The molecule has 0 amide bonds. The molecule has 0 N–H and O–H groups in total. The molecule has 0 saturated heterocycles. The van der Waals surface area contributed by atoms with E-state index in [0.717, 1.165) is 23.7 Å². The molecule has 0 atom stereocenters. The minimum Gasteiger partial charge on any atom is -0.260 e. The van der Waals surface area contributed by atoms with E-state index >= 15 is 0 Å². The molecule has 1 aliphatic rings. The zero-order valence-electron chi connectivity index (χ0n) is 7.91. The van der Waals surface area contributed by atoms with E-state index in [-0.39, 0.29) is 0 Å². The first kappa shape index (κ1) is 8.17. The molecular weight excluding hydrogens is 160 g/mol. The number of aryl methyl sites for hydroxylation is 1. The molecular formula is C11H12N2. The van der Waals surface area contributed by atoms with Crippen molar-refractivity contribution < 1.29 is 0 Å². The maximum atomic E-state index is 4.37. The zero-order chi connectivity index (χ0) is 9.26.